The molecule has 3 aliphatic heterocycles. The lowest BCUT2D eigenvalue weighted by molar-refractivity contribution is 0.0620. The summed E-state index contributed by atoms with van der Waals surface area (Å²) in [4.78, 5) is 26.2. The summed E-state index contributed by atoms with van der Waals surface area (Å²) in [7, 11) is 0. The lowest BCUT2D eigenvalue weighted by Crippen LogP contribution is -2.57. The van der Waals surface area contributed by atoms with Gasteiger partial charge in [-0.3, -0.25) is 9.59 Å². The van der Waals surface area contributed by atoms with Crippen LogP contribution < -0.4 is 10.1 Å². The van der Waals surface area contributed by atoms with Crippen LogP contribution in [-0.4, -0.2) is 42.3 Å². The van der Waals surface area contributed by atoms with E-state index in [4.69, 9.17) is 9.15 Å². The second kappa shape index (κ2) is 6.96. The first-order chi connectivity index (χ1) is 12.6. The van der Waals surface area contributed by atoms with Crippen molar-refractivity contribution < 1.29 is 18.7 Å². The average Bonchev–Trinajstić information content (AvgIpc) is 3.12. The first-order valence-corrected chi connectivity index (χ1v) is 8.99. The van der Waals surface area contributed by atoms with Gasteiger partial charge in [0.2, 0.25) is 0 Å². The maximum atomic E-state index is 12.5. The van der Waals surface area contributed by atoms with Crippen molar-refractivity contribution in [3.8, 4) is 11.7 Å². The van der Waals surface area contributed by atoms with E-state index in [-0.39, 0.29) is 23.7 Å². The van der Waals surface area contributed by atoms with Gasteiger partial charge in [0, 0.05) is 24.2 Å². The zero-order valence-corrected chi connectivity index (χ0v) is 14.7. The maximum Gasteiger partial charge on any atom is 0.290 e. The van der Waals surface area contributed by atoms with E-state index in [0.29, 0.717) is 22.8 Å². The van der Waals surface area contributed by atoms with Crippen LogP contribution in [0.3, 0.4) is 0 Å². The minimum Gasteiger partial charge on any atom is -0.433 e. The topological polar surface area (TPSA) is 71.8 Å². The van der Waals surface area contributed by atoms with Gasteiger partial charge < -0.3 is 19.4 Å². The van der Waals surface area contributed by atoms with Crippen LogP contribution in [0, 0.1) is 5.92 Å². The molecule has 6 nitrogen and oxygen atoms in total. The van der Waals surface area contributed by atoms with Gasteiger partial charge in [-0.25, -0.2) is 0 Å². The average molecular weight is 354 g/mol. The lowest BCUT2D eigenvalue weighted by atomic mass is 9.84. The molecule has 0 aliphatic carbocycles. The highest BCUT2D eigenvalue weighted by atomic mass is 16.6. The monoisotopic (exact) mass is 354 g/mol. The summed E-state index contributed by atoms with van der Waals surface area (Å²) >= 11 is 0. The van der Waals surface area contributed by atoms with Crippen LogP contribution in [-0.2, 0) is 0 Å². The molecule has 1 amide bonds. The minimum atomic E-state index is -0.0802. The third-order valence-corrected chi connectivity index (χ3v) is 5.29. The second-order valence-corrected chi connectivity index (χ2v) is 7.06. The van der Waals surface area contributed by atoms with Crippen molar-refractivity contribution in [3.63, 3.8) is 0 Å². The maximum absolute atomic E-state index is 12.5. The van der Waals surface area contributed by atoms with Gasteiger partial charge in [-0.1, -0.05) is 0 Å². The van der Waals surface area contributed by atoms with E-state index in [2.05, 4.69) is 10.2 Å². The molecule has 6 heteroatoms. The van der Waals surface area contributed by atoms with Gasteiger partial charge in [0.25, 0.3) is 11.9 Å². The summed E-state index contributed by atoms with van der Waals surface area (Å²) in [6.45, 7) is 4.73. The Balaban J connectivity index is 1.37. The predicted molar refractivity (Wildman–Crippen MR) is 95.6 cm³/mol. The van der Waals surface area contributed by atoms with E-state index in [1.165, 1.54) is 26.0 Å². The number of carbonyl (C=O) groups is 2. The number of fused-ring (bicyclic) bond motifs is 3. The van der Waals surface area contributed by atoms with E-state index < -0.39 is 0 Å². The quantitative estimate of drug-likeness (QED) is 0.836. The van der Waals surface area contributed by atoms with E-state index >= 15 is 0 Å². The van der Waals surface area contributed by atoms with Gasteiger partial charge in [0.1, 0.15) is 12.0 Å². The summed E-state index contributed by atoms with van der Waals surface area (Å²) in [5.41, 5.74) is 1.08. The number of ether oxygens (including phenoxy) is 1. The Morgan fingerprint density at radius 2 is 1.88 bits per heavy atom. The van der Waals surface area contributed by atoms with Crippen molar-refractivity contribution in [2.45, 2.75) is 25.8 Å². The minimum absolute atomic E-state index is 0.0489. The number of nitrogens with zero attached hydrogens (tertiary/aromatic N) is 1. The van der Waals surface area contributed by atoms with Gasteiger partial charge in [0.15, 0.2) is 5.78 Å². The first-order valence-electron chi connectivity index (χ1n) is 8.99. The molecule has 0 radical (unpaired) electrons. The summed E-state index contributed by atoms with van der Waals surface area (Å²) < 4.78 is 10.8. The standard InChI is InChI=1S/C20H22N2O4/c1-13(23)16-10-19(25-12-16)26-17-4-2-15(3-5-17)20(24)21-18-11-22-8-6-14(18)7-9-22/h2-5,10,12,14,18H,6-9,11H2,1H3,(H,21,24). The Bertz CT molecular complexity index is 803. The van der Waals surface area contributed by atoms with E-state index in [9.17, 15) is 9.59 Å². The molecule has 1 aromatic heterocycles. The molecule has 5 rings (SSSR count). The number of benzene rings is 1. The smallest absolute Gasteiger partial charge is 0.290 e. The highest BCUT2D eigenvalue weighted by Gasteiger charge is 2.34. The van der Waals surface area contributed by atoms with Crippen molar-refractivity contribution in [2.75, 3.05) is 19.6 Å². The highest BCUT2D eigenvalue weighted by Crippen LogP contribution is 2.28. The number of amides is 1. The first kappa shape index (κ1) is 16.8. The summed E-state index contributed by atoms with van der Waals surface area (Å²) in [5.74, 6) is 1.27. The molecule has 1 unspecified atom stereocenters. The third-order valence-electron chi connectivity index (χ3n) is 5.29. The van der Waals surface area contributed by atoms with E-state index in [1.807, 2.05) is 0 Å². The van der Waals surface area contributed by atoms with Crippen LogP contribution in [0.25, 0.3) is 0 Å². The van der Waals surface area contributed by atoms with Gasteiger partial charge in [-0.2, -0.15) is 0 Å². The van der Waals surface area contributed by atoms with Crippen LogP contribution in [0.4, 0.5) is 0 Å². The molecule has 26 heavy (non-hydrogen) atoms. The molecule has 1 atom stereocenters. The molecule has 0 spiro atoms. The molecule has 3 saturated heterocycles. The van der Waals surface area contributed by atoms with Crippen LogP contribution in [0.5, 0.6) is 11.7 Å². The van der Waals surface area contributed by atoms with Crippen molar-refractivity contribution in [1.82, 2.24) is 10.2 Å². The van der Waals surface area contributed by atoms with Crippen molar-refractivity contribution in [1.29, 1.82) is 0 Å². The Hall–Kier alpha value is -2.60. The van der Waals surface area contributed by atoms with Crippen LogP contribution in [0.2, 0.25) is 0 Å². The third kappa shape index (κ3) is 3.51. The molecule has 136 valence electrons. The van der Waals surface area contributed by atoms with Crippen LogP contribution >= 0.6 is 0 Å². The number of ketones is 1. The highest BCUT2D eigenvalue weighted by molar-refractivity contribution is 5.94. The van der Waals surface area contributed by atoms with Crippen molar-refractivity contribution in [3.05, 3.63) is 47.7 Å². The molecule has 1 aromatic carbocycles. The number of rotatable bonds is 5. The number of furan rings is 1. The fourth-order valence-electron chi connectivity index (χ4n) is 3.73. The molecule has 3 aliphatic rings. The van der Waals surface area contributed by atoms with Crippen molar-refractivity contribution >= 4 is 11.7 Å². The number of carbonyl (C=O) groups excluding carboxylic acids is 2. The SMILES string of the molecule is CC(=O)c1coc(Oc2ccc(C(=O)NC3CN4CCC3CC4)cc2)c1. The molecule has 2 aromatic rings. The molecule has 0 saturated carbocycles. The van der Waals surface area contributed by atoms with Crippen LogP contribution in [0.15, 0.2) is 41.0 Å². The fourth-order valence-corrected chi connectivity index (χ4v) is 3.73. The predicted octanol–water partition coefficient (Wildman–Crippen LogP) is 3.10. The molecular formula is C20H22N2O4. The number of Topliss-reactive ketones (excluding diaryl/α,β-unsaturated/α-hetero) is 1. The number of nitrogens with one attached hydrogen (secondary N) is 1. The zero-order valence-electron chi connectivity index (χ0n) is 14.7. The second-order valence-electron chi connectivity index (χ2n) is 7.06. The van der Waals surface area contributed by atoms with Crippen molar-refractivity contribution in [2.24, 2.45) is 5.92 Å². The Labute approximate surface area is 152 Å². The number of hydrogen-bond donors (Lipinski definition) is 1. The Kier molecular flexibility index (Phi) is 4.51. The number of piperidine rings is 3. The van der Waals surface area contributed by atoms with Crippen LogP contribution in [0.1, 0.15) is 40.5 Å². The molecule has 3 fully saturated rings. The van der Waals surface area contributed by atoms with Gasteiger partial charge in [0.05, 0.1) is 5.56 Å². The molecule has 2 bridgehead atoms. The van der Waals surface area contributed by atoms with Gasteiger partial charge >= 0.3 is 0 Å². The zero-order chi connectivity index (χ0) is 18.1. The van der Waals surface area contributed by atoms with E-state index in [1.54, 1.807) is 30.3 Å². The van der Waals surface area contributed by atoms with E-state index in [0.717, 1.165) is 19.6 Å². The van der Waals surface area contributed by atoms with Gasteiger partial charge in [-0.15, -0.1) is 0 Å². The normalized spacial score (nSPS) is 24.3. The lowest BCUT2D eigenvalue weighted by Gasteiger charge is -2.44. The molecule has 4 heterocycles. The largest absolute Gasteiger partial charge is 0.433 e. The summed E-state index contributed by atoms with van der Waals surface area (Å²) in [5, 5.41) is 3.17. The summed E-state index contributed by atoms with van der Waals surface area (Å²) in [6.07, 6.45) is 3.71. The Morgan fingerprint density at radius 3 is 2.46 bits per heavy atom. The molecule has 1 N–H and O–H groups in total. The molecular weight excluding hydrogens is 332 g/mol. The number of hydrogen-bond acceptors (Lipinski definition) is 5. The summed E-state index contributed by atoms with van der Waals surface area (Å²) in [6, 6.07) is 8.72. The Morgan fingerprint density at radius 1 is 1.15 bits per heavy atom. The van der Waals surface area contributed by atoms with Gasteiger partial charge in [-0.05, 0) is 63.0 Å². The fraction of sp³-hybridized carbons (Fsp3) is 0.400.